The van der Waals surface area contributed by atoms with E-state index in [4.69, 9.17) is 0 Å². The summed E-state index contributed by atoms with van der Waals surface area (Å²) in [7, 11) is 0. The Labute approximate surface area is 145 Å². The van der Waals surface area contributed by atoms with E-state index >= 15 is 0 Å². The Kier molecular flexibility index (Phi) is 8.06. The van der Waals surface area contributed by atoms with Gasteiger partial charge in [0.05, 0.1) is 0 Å². The van der Waals surface area contributed by atoms with E-state index in [0.29, 0.717) is 11.5 Å². The molecular formula is C16H19BrClN3O. The molecule has 0 radical (unpaired) electrons. The van der Waals surface area contributed by atoms with Crippen molar-refractivity contribution in [2.24, 2.45) is 0 Å². The Hall–Kier alpha value is -1.46. The number of unbranched alkanes of at least 4 members (excludes halogenated alkanes) is 2. The van der Waals surface area contributed by atoms with Crippen molar-refractivity contribution < 1.29 is 4.79 Å². The summed E-state index contributed by atoms with van der Waals surface area (Å²) < 4.78 is 0.870. The van der Waals surface area contributed by atoms with E-state index in [0.717, 1.165) is 17.3 Å². The largest absolute Gasteiger partial charge is 0.305 e. The number of amides is 1. The molecule has 6 heteroatoms. The molecule has 0 fully saturated rings. The van der Waals surface area contributed by atoms with Gasteiger partial charge in [-0.25, -0.2) is 4.98 Å². The lowest BCUT2D eigenvalue weighted by Crippen LogP contribution is -2.14. The number of halogens is 2. The zero-order chi connectivity index (χ0) is 15.1. The summed E-state index contributed by atoms with van der Waals surface area (Å²) in [6, 6.07) is 7.29. The number of carbonyl (C=O) groups is 1. The Morgan fingerprint density at radius 2 is 1.95 bits per heavy atom. The monoisotopic (exact) mass is 383 g/mol. The fourth-order valence-electron chi connectivity index (χ4n) is 1.92. The number of hydrogen-bond donors (Lipinski definition) is 1. The van der Waals surface area contributed by atoms with Gasteiger partial charge in [-0.05, 0) is 52.5 Å². The van der Waals surface area contributed by atoms with Crippen molar-refractivity contribution in [3.05, 3.63) is 52.4 Å². The van der Waals surface area contributed by atoms with Crippen LogP contribution in [0.1, 0.15) is 42.2 Å². The number of rotatable bonds is 6. The van der Waals surface area contributed by atoms with E-state index in [9.17, 15) is 4.79 Å². The molecule has 0 aliphatic rings. The molecule has 2 aromatic rings. The van der Waals surface area contributed by atoms with Crippen molar-refractivity contribution >= 4 is 40.1 Å². The molecule has 0 aromatic carbocycles. The highest BCUT2D eigenvalue weighted by molar-refractivity contribution is 9.10. The first kappa shape index (κ1) is 18.6. The Bertz CT molecular complexity index is 587. The average Bonchev–Trinajstić information content (AvgIpc) is 2.50. The average molecular weight is 385 g/mol. The number of pyridine rings is 2. The summed E-state index contributed by atoms with van der Waals surface area (Å²) in [4.78, 5) is 20.4. The predicted octanol–water partition coefficient (Wildman–Crippen LogP) is 4.65. The topological polar surface area (TPSA) is 54.9 Å². The molecule has 0 spiro atoms. The van der Waals surface area contributed by atoms with Crippen molar-refractivity contribution in [3.63, 3.8) is 0 Å². The van der Waals surface area contributed by atoms with Gasteiger partial charge in [0.15, 0.2) is 0 Å². The first-order valence-corrected chi connectivity index (χ1v) is 7.86. The number of nitrogens with one attached hydrogen (secondary N) is 1. The SMILES string of the molecule is CCCCCc1ccc(C(=O)Nc2ccc(Br)cn2)nc1.Cl. The van der Waals surface area contributed by atoms with E-state index in [1.54, 1.807) is 24.5 Å². The van der Waals surface area contributed by atoms with E-state index in [-0.39, 0.29) is 18.3 Å². The lowest BCUT2D eigenvalue weighted by molar-refractivity contribution is 0.102. The fourth-order valence-corrected chi connectivity index (χ4v) is 2.15. The van der Waals surface area contributed by atoms with E-state index in [1.807, 2.05) is 12.1 Å². The highest BCUT2D eigenvalue weighted by Crippen LogP contribution is 2.12. The molecule has 4 nitrogen and oxygen atoms in total. The van der Waals surface area contributed by atoms with Crippen LogP contribution in [0.3, 0.4) is 0 Å². The third kappa shape index (κ3) is 5.73. The van der Waals surface area contributed by atoms with Gasteiger partial charge in [-0.3, -0.25) is 9.78 Å². The maximum absolute atomic E-state index is 12.0. The second-order valence-corrected chi connectivity index (χ2v) is 5.74. The Balaban J connectivity index is 0.00000242. The van der Waals surface area contributed by atoms with Crippen LogP contribution < -0.4 is 5.32 Å². The maximum Gasteiger partial charge on any atom is 0.275 e. The van der Waals surface area contributed by atoms with Gasteiger partial charge in [0.2, 0.25) is 0 Å². The molecule has 2 heterocycles. The van der Waals surface area contributed by atoms with Gasteiger partial charge in [-0.1, -0.05) is 25.8 Å². The molecule has 1 N–H and O–H groups in total. The third-order valence-corrected chi connectivity index (χ3v) is 3.56. The number of aromatic nitrogens is 2. The van der Waals surface area contributed by atoms with Crippen molar-refractivity contribution in [3.8, 4) is 0 Å². The van der Waals surface area contributed by atoms with Crippen molar-refractivity contribution in [1.29, 1.82) is 0 Å². The third-order valence-electron chi connectivity index (χ3n) is 3.10. The zero-order valence-electron chi connectivity index (χ0n) is 12.4. The lowest BCUT2D eigenvalue weighted by atomic mass is 10.1. The quantitative estimate of drug-likeness (QED) is 0.738. The van der Waals surface area contributed by atoms with Crippen molar-refractivity contribution in [2.45, 2.75) is 32.6 Å². The van der Waals surface area contributed by atoms with E-state index in [2.05, 4.69) is 38.1 Å². The molecule has 22 heavy (non-hydrogen) atoms. The molecule has 0 aliphatic heterocycles. The van der Waals surface area contributed by atoms with Gasteiger partial charge in [-0.2, -0.15) is 0 Å². The molecule has 2 aromatic heterocycles. The van der Waals surface area contributed by atoms with E-state index < -0.39 is 0 Å². The predicted molar refractivity (Wildman–Crippen MR) is 94.6 cm³/mol. The van der Waals surface area contributed by atoms with Gasteiger partial charge in [0, 0.05) is 16.9 Å². The highest BCUT2D eigenvalue weighted by atomic mass is 79.9. The van der Waals surface area contributed by atoms with Crippen LogP contribution in [0.15, 0.2) is 41.1 Å². The van der Waals surface area contributed by atoms with Gasteiger partial charge in [-0.15, -0.1) is 12.4 Å². The summed E-state index contributed by atoms with van der Waals surface area (Å²) in [6.45, 7) is 2.18. The molecule has 0 aliphatic carbocycles. The molecule has 1 amide bonds. The minimum absolute atomic E-state index is 0. The molecule has 2 rings (SSSR count). The molecule has 0 saturated carbocycles. The molecular weight excluding hydrogens is 366 g/mol. The van der Waals surface area contributed by atoms with Gasteiger partial charge < -0.3 is 5.32 Å². The molecule has 118 valence electrons. The van der Waals surface area contributed by atoms with Crippen LogP contribution in [-0.2, 0) is 6.42 Å². The number of nitrogens with zero attached hydrogens (tertiary/aromatic N) is 2. The van der Waals surface area contributed by atoms with Crippen LogP contribution in [0.5, 0.6) is 0 Å². The number of anilines is 1. The first-order chi connectivity index (χ1) is 10.2. The Morgan fingerprint density at radius 3 is 2.55 bits per heavy atom. The van der Waals surface area contributed by atoms with Crippen LogP contribution in [0.4, 0.5) is 5.82 Å². The molecule has 0 atom stereocenters. The van der Waals surface area contributed by atoms with Crippen molar-refractivity contribution in [1.82, 2.24) is 9.97 Å². The lowest BCUT2D eigenvalue weighted by Gasteiger charge is -2.05. The van der Waals surface area contributed by atoms with Crippen LogP contribution in [0.25, 0.3) is 0 Å². The summed E-state index contributed by atoms with van der Waals surface area (Å²) in [5.74, 6) is 0.266. The van der Waals surface area contributed by atoms with Crippen LogP contribution in [0, 0.1) is 0 Å². The number of carbonyl (C=O) groups excluding carboxylic acids is 1. The summed E-state index contributed by atoms with van der Waals surface area (Å²) >= 11 is 3.30. The number of aryl methyl sites for hydroxylation is 1. The summed E-state index contributed by atoms with van der Waals surface area (Å²) in [6.07, 6.45) is 8.01. The molecule has 0 saturated heterocycles. The summed E-state index contributed by atoms with van der Waals surface area (Å²) in [5, 5.41) is 2.72. The first-order valence-electron chi connectivity index (χ1n) is 7.07. The van der Waals surface area contributed by atoms with Crippen molar-refractivity contribution in [2.75, 3.05) is 5.32 Å². The second kappa shape index (κ2) is 9.54. The van der Waals surface area contributed by atoms with Crippen LogP contribution in [-0.4, -0.2) is 15.9 Å². The van der Waals surface area contributed by atoms with E-state index in [1.165, 1.54) is 18.4 Å². The molecule has 0 unspecified atom stereocenters. The summed E-state index contributed by atoms with van der Waals surface area (Å²) in [5.41, 5.74) is 1.57. The van der Waals surface area contributed by atoms with Gasteiger partial charge in [0.25, 0.3) is 5.91 Å². The number of hydrogen-bond acceptors (Lipinski definition) is 3. The Morgan fingerprint density at radius 1 is 1.14 bits per heavy atom. The van der Waals surface area contributed by atoms with Crippen LogP contribution >= 0.6 is 28.3 Å². The van der Waals surface area contributed by atoms with Crippen LogP contribution in [0.2, 0.25) is 0 Å². The maximum atomic E-state index is 12.0. The highest BCUT2D eigenvalue weighted by Gasteiger charge is 2.08. The minimum atomic E-state index is -0.245. The van der Waals surface area contributed by atoms with Gasteiger partial charge >= 0.3 is 0 Å². The fraction of sp³-hybridized carbons (Fsp3) is 0.312. The standard InChI is InChI=1S/C16H18BrN3O.ClH/c1-2-3-4-5-12-6-8-14(18-10-12)16(21)20-15-9-7-13(17)11-19-15;/h6-11H,2-5H2,1H3,(H,19,20,21);1H. The molecule has 0 bridgehead atoms. The smallest absolute Gasteiger partial charge is 0.275 e. The van der Waals surface area contributed by atoms with Gasteiger partial charge in [0.1, 0.15) is 11.5 Å². The second-order valence-electron chi connectivity index (χ2n) is 4.82. The minimum Gasteiger partial charge on any atom is -0.305 e. The normalized spacial score (nSPS) is 9.91. The zero-order valence-corrected chi connectivity index (χ0v) is 14.8.